The minimum Gasteiger partial charge on any atom is -0.478 e. The summed E-state index contributed by atoms with van der Waals surface area (Å²) in [6, 6.07) is 22.4. The highest BCUT2D eigenvalue weighted by molar-refractivity contribution is 6.30. The van der Waals surface area contributed by atoms with Crippen molar-refractivity contribution in [3.05, 3.63) is 100 Å². The first-order valence-electron chi connectivity index (χ1n) is 9.50. The average molecular weight is 404 g/mol. The third-order valence-electron chi connectivity index (χ3n) is 6.05. The summed E-state index contributed by atoms with van der Waals surface area (Å²) >= 11 is 6.03. The van der Waals surface area contributed by atoms with Gasteiger partial charge in [0.15, 0.2) is 0 Å². The first-order valence-corrected chi connectivity index (χ1v) is 9.88. The molecule has 1 spiro atoms. The van der Waals surface area contributed by atoms with Gasteiger partial charge in [-0.05, 0) is 53.4 Å². The van der Waals surface area contributed by atoms with Gasteiger partial charge in [0.25, 0.3) is 0 Å². The Bertz CT molecular complexity index is 1140. The summed E-state index contributed by atoms with van der Waals surface area (Å²) in [7, 11) is 0. The molecule has 1 fully saturated rings. The zero-order valence-corrected chi connectivity index (χ0v) is 16.3. The number of para-hydroxylation sites is 1. The number of nitrogens with zero attached hydrogens (tertiary/aromatic N) is 1. The lowest BCUT2D eigenvalue weighted by molar-refractivity contribution is -0.120. The smallest absolute Gasteiger partial charge is 0.335 e. The molecule has 0 radical (unpaired) electrons. The highest BCUT2D eigenvalue weighted by atomic mass is 35.5. The Morgan fingerprint density at radius 3 is 2.59 bits per heavy atom. The quantitative estimate of drug-likeness (QED) is 0.666. The van der Waals surface area contributed by atoms with Crippen LogP contribution in [0.2, 0.25) is 5.02 Å². The van der Waals surface area contributed by atoms with Crippen LogP contribution in [0.3, 0.4) is 0 Å². The van der Waals surface area contributed by atoms with Gasteiger partial charge in [-0.1, -0.05) is 54.1 Å². The molecule has 0 aromatic heterocycles. The second kappa shape index (κ2) is 6.46. The fraction of sp³-hybridized carbons (Fsp3) is 0.167. The van der Waals surface area contributed by atoms with Gasteiger partial charge < -0.3 is 10.0 Å². The van der Waals surface area contributed by atoms with Gasteiger partial charge in [0.2, 0.25) is 5.91 Å². The predicted octanol–water partition coefficient (Wildman–Crippen LogP) is 5.01. The molecule has 29 heavy (non-hydrogen) atoms. The second-order valence-corrected chi connectivity index (χ2v) is 8.13. The topological polar surface area (TPSA) is 57.6 Å². The summed E-state index contributed by atoms with van der Waals surface area (Å²) in [4.78, 5) is 26.7. The number of carboxylic acids is 1. The van der Waals surface area contributed by atoms with E-state index in [0.717, 1.165) is 28.8 Å². The van der Waals surface area contributed by atoms with Gasteiger partial charge in [-0.3, -0.25) is 4.79 Å². The van der Waals surface area contributed by atoms with Crippen molar-refractivity contribution in [2.75, 3.05) is 4.90 Å². The van der Waals surface area contributed by atoms with Crippen molar-refractivity contribution in [3.8, 4) is 0 Å². The van der Waals surface area contributed by atoms with Gasteiger partial charge in [0, 0.05) is 16.6 Å². The average Bonchev–Trinajstić information content (AvgIpc) is 3.44. The first-order chi connectivity index (χ1) is 14.0. The second-order valence-electron chi connectivity index (χ2n) is 7.69. The number of anilines is 1. The maximum atomic E-state index is 13.6. The number of hydrogen-bond donors (Lipinski definition) is 1. The summed E-state index contributed by atoms with van der Waals surface area (Å²) in [5.41, 5.74) is 3.58. The molecule has 1 N–H and O–H groups in total. The summed E-state index contributed by atoms with van der Waals surface area (Å²) in [6.45, 7) is 0.353. The summed E-state index contributed by atoms with van der Waals surface area (Å²) in [5, 5.41) is 9.95. The van der Waals surface area contributed by atoms with Gasteiger partial charge in [-0.25, -0.2) is 4.79 Å². The normalized spacial score (nSPS) is 22.0. The van der Waals surface area contributed by atoms with E-state index in [1.807, 2.05) is 54.6 Å². The van der Waals surface area contributed by atoms with Crippen LogP contribution in [0.15, 0.2) is 72.8 Å². The summed E-state index contributed by atoms with van der Waals surface area (Å²) in [5.74, 6) is -0.760. The molecule has 1 aliphatic carbocycles. The number of carbonyl (C=O) groups is 2. The molecule has 1 amide bonds. The van der Waals surface area contributed by atoms with E-state index in [1.54, 1.807) is 23.1 Å². The molecule has 0 bridgehead atoms. The minimum absolute atomic E-state index is 0.0828. The van der Waals surface area contributed by atoms with Crippen LogP contribution >= 0.6 is 11.6 Å². The SMILES string of the molecule is O=C(O)c1cccc(CN2C(=O)[C@@]3(C[C@H]3c3ccc(Cl)cc3)c3ccccc32)c1. The van der Waals surface area contributed by atoms with Crippen LogP contribution in [-0.2, 0) is 16.8 Å². The molecule has 5 rings (SSSR count). The van der Waals surface area contributed by atoms with Gasteiger partial charge in [0.1, 0.15) is 0 Å². The first kappa shape index (κ1) is 18.0. The van der Waals surface area contributed by atoms with Crippen LogP contribution in [0, 0.1) is 0 Å². The molecular formula is C24H18ClNO3. The lowest BCUT2D eigenvalue weighted by Gasteiger charge is -2.19. The van der Waals surface area contributed by atoms with Crippen molar-refractivity contribution in [3.63, 3.8) is 0 Å². The molecular weight excluding hydrogens is 386 g/mol. The van der Waals surface area contributed by atoms with Crippen LogP contribution < -0.4 is 4.90 Å². The van der Waals surface area contributed by atoms with E-state index in [4.69, 9.17) is 11.6 Å². The number of benzene rings is 3. The Hall–Kier alpha value is -3.11. The molecule has 0 unspecified atom stereocenters. The van der Waals surface area contributed by atoms with E-state index >= 15 is 0 Å². The van der Waals surface area contributed by atoms with E-state index in [9.17, 15) is 14.7 Å². The molecule has 4 nitrogen and oxygen atoms in total. The maximum absolute atomic E-state index is 13.6. The van der Waals surface area contributed by atoms with Crippen molar-refractivity contribution in [1.82, 2.24) is 0 Å². The van der Waals surface area contributed by atoms with Crippen molar-refractivity contribution < 1.29 is 14.7 Å². The summed E-state index contributed by atoms with van der Waals surface area (Å²) in [6.07, 6.45) is 0.774. The molecule has 1 aliphatic heterocycles. The van der Waals surface area contributed by atoms with Crippen LogP contribution in [0.4, 0.5) is 5.69 Å². The van der Waals surface area contributed by atoms with Crippen LogP contribution in [0.25, 0.3) is 0 Å². The van der Waals surface area contributed by atoms with Gasteiger partial charge in [-0.2, -0.15) is 0 Å². The molecule has 5 heteroatoms. The molecule has 0 saturated heterocycles. The molecule has 3 aromatic carbocycles. The van der Waals surface area contributed by atoms with Crippen molar-refractivity contribution in [2.45, 2.75) is 24.3 Å². The number of hydrogen-bond acceptors (Lipinski definition) is 2. The number of aromatic carboxylic acids is 1. The maximum Gasteiger partial charge on any atom is 0.335 e. The molecule has 144 valence electrons. The van der Waals surface area contributed by atoms with E-state index in [1.165, 1.54) is 0 Å². The lowest BCUT2D eigenvalue weighted by atomic mass is 9.92. The number of carbonyl (C=O) groups excluding carboxylic acids is 1. The highest BCUT2D eigenvalue weighted by Crippen LogP contribution is 2.66. The Morgan fingerprint density at radius 2 is 1.83 bits per heavy atom. The lowest BCUT2D eigenvalue weighted by Crippen LogP contribution is -2.32. The van der Waals surface area contributed by atoms with Gasteiger partial charge >= 0.3 is 5.97 Å². The fourth-order valence-corrected chi connectivity index (χ4v) is 4.71. The molecule has 2 aliphatic rings. The van der Waals surface area contributed by atoms with E-state index < -0.39 is 11.4 Å². The predicted molar refractivity (Wildman–Crippen MR) is 112 cm³/mol. The highest BCUT2D eigenvalue weighted by Gasteiger charge is 2.66. The van der Waals surface area contributed by atoms with Crippen molar-refractivity contribution in [2.24, 2.45) is 0 Å². The minimum atomic E-state index is -0.971. The van der Waals surface area contributed by atoms with Crippen LogP contribution in [-0.4, -0.2) is 17.0 Å². The molecule has 3 aromatic rings. The Kier molecular flexibility index (Phi) is 4.00. The van der Waals surface area contributed by atoms with Crippen molar-refractivity contribution >= 4 is 29.2 Å². The van der Waals surface area contributed by atoms with Crippen LogP contribution in [0.1, 0.15) is 39.4 Å². The monoisotopic (exact) mass is 403 g/mol. The molecule has 1 saturated carbocycles. The zero-order valence-electron chi connectivity index (χ0n) is 15.5. The van der Waals surface area contributed by atoms with E-state index in [-0.39, 0.29) is 17.4 Å². The fourth-order valence-electron chi connectivity index (χ4n) is 4.59. The number of fused-ring (bicyclic) bond motifs is 2. The largest absolute Gasteiger partial charge is 0.478 e. The van der Waals surface area contributed by atoms with E-state index in [0.29, 0.717) is 11.6 Å². The standard InChI is InChI=1S/C24H18ClNO3/c25-18-10-8-16(9-11-18)20-13-24(20)19-6-1-2-7-21(19)26(23(24)29)14-15-4-3-5-17(12-15)22(27)28/h1-12,20H,13-14H2,(H,27,28)/t20-,24-/m0/s1. The van der Waals surface area contributed by atoms with Gasteiger partial charge in [-0.15, -0.1) is 0 Å². The number of rotatable bonds is 4. The zero-order chi connectivity index (χ0) is 20.2. The Labute approximate surface area is 173 Å². The Balaban J connectivity index is 1.51. The number of halogens is 1. The molecule has 1 heterocycles. The van der Waals surface area contributed by atoms with Crippen LogP contribution in [0.5, 0.6) is 0 Å². The third-order valence-corrected chi connectivity index (χ3v) is 6.30. The van der Waals surface area contributed by atoms with Crippen molar-refractivity contribution in [1.29, 1.82) is 0 Å². The number of carboxylic acid groups (broad SMARTS) is 1. The number of amides is 1. The van der Waals surface area contributed by atoms with Gasteiger partial charge in [0.05, 0.1) is 17.5 Å². The summed E-state index contributed by atoms with van der Waals surface area (Å²) < 4.78 is 0. The molecule has 2 atom stereocenters. The van der Waals surface area contributed by atoms with E-state index in [2.05, 4.69) is 0 Å². The third kappa shape index (κ3) is 2.75. The Morgan fingerprint density at radius 1 is 1.07 bits per heavy atom.